The maximum absolute atomic E-state index is 11.6. The Hall–Kier alpha value is -2.27. The summed E-state index contributed by atoms with van der Waals surface area (Å²) in [6, 6.07) is 13.2. The quantitative estimate of drug-likeness (QED) is 0.484. The number of para-hydroxylation sites is 2. The van der Waals surface area contributed by atoms with Gasteiger partial charge in [-0.2, -0.15) is 0 Å². The number of oxazole rings is 1. The van der Waals surface area contributed by atoms with Gasteiger partial charge in [0.1, 0.15) is 11.3 Å². The van der Waals surface area contributed by atoms with Crippen LogP contribution in [0.5, 0.6) is 5.75 Å². The molecule has 0 atom stereocenters. The zero-order valence-corrected chi connectivity index (χ0v) is 13.9. The largest absolute Gasteiger partial charge is 0.494 e. The van der Waals surface area contributed by atoms with E-state index in [2.05, 4.69) is 4.98 Å². The molecule has 1 heterocycles. The number of ether oxygens (including phenoxy) is 1. The van der Waals surface area contributed by atoms with Crippen molar-refractivity contribution in [2.24, 2.45) is 0 Å². The smallest absolute Gasteiger partial charge is 0.257 e. The number of Topliss-reactive ketones (excluding diaryl/α,β-unsaturated/α-hetero) is 1. The van der Waals surface area contributed by atoms with Gasteiger partial charge in [0, 0.05) is 16.9 Å². The molecule has 0 radical (unpaired) electrons. The van der Waals surface area contributed by atoms with Crippen LogP contribution in [0.25, 0.3) is 11.1 Å². The van der Waals surface area contributed by atoms with E-state index in [0.717, 1.165) is 22.4 Å². The molecule has 3 aromatic rings. The number of thioether (sulfide) groups is 1. The van der Waals surface area contributed by atoms with E-state index in [4.69, 9.17) is 9.15 Å². The lowest BCUT2D eigenvalue weighted by Crippen LogP contribution is -1.99. The Labute approximate surface area is 138 Å². The van der Waals surface area contributed by atoms with E-state index in [-0.39, 0.29) is 5.78 Å². The van der Waals surface area contributed by atoms with Crippen molar-refractivity contribution in [3.8, 4) is 5.75 Å². The summed E-state index contributed by atoms with van der Waals surface area (Å²) in [6.45, 7) is 4.09. The van der Waals surface area contributed by atoms with Gasteiger partial charge < -0.3 is 9.15 Å². The van der Waals surface area contributed by atoms with Gasteiger partial charge in [0.2, 0.25) is 0 Å². The minimum atomic E-state index is 0.0427. The van der Waals surface area contributed by atoms with Crippen LogP contribution >= 0.6 is 11.8 Å². The molecule has 0 aliphatic heterocycles. The van der Waals surface area contributed by atoms with Crippen molar-refractivity contribution in [1.82, 2.24) is 4.98 Å². The fourth-order valence-corrected chi connectivity index (χ4v) is 3.08. The van der Waals surface area contributed by atoms with Crippen LogP contribution < -0.4 is 4.74 Å². The Balaban J connectivity index is 1.82. The third-order valence-electron chi connectivity index (χ3n) is 3.39. The number of carbonyl (C=O) groups excluding carboxylic acids is 1. The summed E-state index contributed by atoms with van der Waals surface area (Å²) in [7, 11) is 0. The molecule has 0 fully saturated rings. The molecule has 0 spiro atoms. The fraction of sp³-hybridized carbons (Fsp3) is 0.222. The van der Waals surface area contributed by atoms with Gasteiger partial charge in [0.05, 0.1) is 6.61 Å². The van der Waals surface area contributed by atoms with E-state index in [9.17, 15) is 4.79 Å². The predicted molar refractivity (Wildman–Crippen MR) is 91.2 cm³/mol. The van der Waals surface area contributed by atoms with Crippen molar-refractivity contribution in [3.05, 3.63) is 53.6 Å². The molecule has 0 N–H and O–H groups in total. The van der Waals surface area contributed by atoms with Crippen LogP contribution in [-0.2, 0) is 5.75 Å². The predicted octanol–water partition coefficient (Wildman–Crippen LogP) is 4.72. The molecule has 0 aliphatic rings. The van der Waals surface area contributed by atoms with E-state index in [1.165, 1.54) is 11.8 Å². The highest BCUT2D eigenvalue weighted by atomic mass is 32.2. The second-order valence-corrected chi connectivity index (χ2v) is 5.97. The highest BCUT2D eigenvalue weighted by Gasteiger charge is 2.11. The van der Waals surface area contributed by atoms with Crippen LogP contribution in [0.2, 0.25) is 0 Å². The van der Waals surface area contributed by atoms with E-state index < -0.39 is 0 Å². The van der Waals surface area contributed by atoms with Gasteiger partial charge in [-0.1, -0.05) is 23.9 Å². The lowest BCUT2D eigenvalue weighted by Gasteiger charge is -2.10. The molecule has 4 nitrogen and oxygen atoms in total. The fourth-order valence-electron chi connectivity index (χ4n) is 2.26. The van der Waals surface area contributed by atoms with E-state index >= 15 is 0 Å². The summed E-state index contributed by atoms with van der Waals surface area (Å²) in [5.41, 5.74) is 3.27. The number of rotatable bonds is 6. The summed E-state index contributed by atoms with van der Waals surface area (Å²) in [6.07, 6.45) is 0. The molecule has 3 rings (SSSR count). The van der Waals surface area contributed by atoms with E-state index in [0.29, 0.717) is 23.1 Å². The highest BCUT2D eigenvalue weighted by Crippen LogP contribution is 2.30. The Morgan fingerprint density at radius 2 is 2.09 bits per heavy atom. The first-order valence-corrected chi connectivity index (χ1v) is 8.41. The summed E-state index contributed by atoms with van der Waals surface area (Å²) in [5.74, 6) is 1.46. The van der Waals surface area contributed by atoms with Crippen LogP contribution in [0.1, 0.15) is 29.8 Å². The van der Waals surface area contributed by atoms with Crippen molar-refractivity contribution in [2.45, 2.75) is 24.8 Å². The molecular formula is C18H17NO3S. The number of hydrogen-bond donors (Lipinski definition) is 0. The molecule has 0 saturated carbocycles. The summed E-state index contributed by atoms with van der Waals surface area (Å²) in [5, 5.41) is 0.613. The number of fused-ring (bicyclic) bond motifs is 1. The SMILES string of the molecule is CCOc1ccc(C(C)=O)cc1CSc1nc2ccccc2o1. The molecule has 1 aromatic heterocycles. The topological polar surface area (TPSA) is 52.3 Å². The average molecular weight is 327 g/mol. The van der Waals surface area contributed by atoms with Crippen LogP contribution in [-0.4, -0.2) is 17.4 Å². The highest BCUT2D eigenvalue weighted by molar-refractivity contribution is 7.98. The third kappa shape index (κ3) is 3.56. The number of nitrogens with zero attached hydrogens (tertiary/aromatic N) is 1. The van der Waals surface area contributed by atoms with Gasteiger partial charge >= 0.3 is 0 Å². The van der Waals surface area contributed by atoms with Crippen LogP contribution in [0.15, 0.2) is 52.1 Å². The van der Waals surface area contributed by atoms with Crippen molar-refractivity contribution < 1.29 is 13.9 Å². The zero-order chi connectivity index (χ0) is 16.2. The lowest BCUT2D eigenvalue weighted by molar-refractivity contribution is 0.101. The second kappa shape index (κ2) is 6.87. The lowest BCUT2D eigenvalue weighted by atomic mass is 10.1. The van der Waals surface area contributed by atoms with Crippen molar-refractivity contribution in [1.29, 1.82) is 0 Å². The second-order valence-electron chi connectivity index (χ2n) is 5.05. The Bertz CT molecular complexity index is 808. The first-order chi connectivity index (χ1) is 11.2. The third-order valence-corrected chi connectivity index (χ3v) is 4.27. The first kappa shape index (κ1) is 15.6. The van der Waals surface area contributed by atoms with Gasteiger partial charge in [-0.3, -0.25) is 4.79 Å². The Kier molecular flexibility index (Phi) is 4.67. The molecule has 0 bridgehead atoms. The van der Waals surface area contributed by atoms with E-state index in [1.54, 1.807) is 13.0 Å². The van der Waals surface area contributed by atoms with Crippen LogP contribution in [0, 0.1) is 0 Å². The van der Waals surface area contributed by atoms with Gasteiger partial charge in [0.15, 0.2) is 11.4 Å². The van der Waals surface area contributed by atoms with Crippen LogP contribution in [0.4, 0.5) is 0 Å². The van der Waals surface area contributed by atoms with Crippen molar-refractivity contribution in [2.75, 3.05) is 6.61 Å². The molecular weight excluding hydrogens is 310 g/mol. The number of benzene rings is 2. The molecule has 0 unspecified atom stereocenters. The minimum Gasteiger partial charge on any atom is -0.494 e. The molecule has 0 aliphatic carbocycles. The summed E-state index contributed by atoms with van der Waals surface area (Å²) >= 11 is 1.49. The monoisotopic (exact) mass is 327 g/mol. The van der Waals surface area contributed by atoms with E-state index in [1.807, 2.05) is 43.3 Å². The number of hydrogen-bond acceptors (Lipinski definition) is 5. The van der Waals surface area contributed by atoms with Gasteiger partial charge in [-0.25, -0.2) is 4.98 Å². The molecule has 2 aromatic carbocycles. The molecule has 23 heavy (non-hydrogen) atoms. The molecule has 5 heteroatoms. The standard InChI is InChI=1S/C18H17NO3S/c1-3-21-16-9-8-13(12(2)20)10-14(16)11-23-18-19-15-6-4-5-7-17(15)22-18/h4-10H,3,11H2,1-2H3. The summed E-state index contributed by atoms with van der Waals surface area (Å²) in [4.78, 5) is 16.0. The normalized spacial score (nSPS) is 10.9. The van der Waals surface area contributed by atoms with Gasteiger partial charge in [-0.15, -0.1) is 0 Å². The summed E-state index contributed by atoms with van der Waals surface area (Å²) < 4.78 is 11.4. The van der Waals surface area contributed by atoms with Crippen molar-refractivity contribution >= 4 is 28.6 Å². The molecule has 0 amide bonds. The first-order valence-electron chi connectivity index (χ1n) is 7.42. The number of ketones is 1. The zero-order valence-electron chi connectivity index (χ0n) is 13.0. The average Bonchev–Trinajstić information content (AvgIpc) is 2.97. The van der Waals surface area contributed by atoms with Crippen LogP contribution in [0.3, 0.4) is 0 Å². The Morgan fingerprint density at radius 1 is 1.26 bits per heavy atom. The number of aromatic nitrogens is 1. The van der Waals surface area contributed by atoms with Gasteiger partial charge in [-0.05, 0) is 44.2 Å². The minimum absolute atomic E-state index is 0.0427. The van der Waals surface area contributed by atoms with Gasteiger partial charge in [0.25, 0.3) is 5.22 Å². The Morgan fingerprint density at radius 3 is 2.83 bits per heavy atom. The molecule has 118 valence electrons. The maximum atomic E-state index is 11.6. The van der Waals surface area contributed by atoms with Crippen molar-refractivity contribution in [3.63, 3.8) is 0 Å². The molecule has 0 saturated heterocycles. The maximum Gasteiger partial charge on any atom is 0.257 e. The number of carbonyl (C=O) groups is 1.